The first-order valence-electron chi connectivity index (χ1n) is 9.34. The molecule has 0 saturated carbocycles. The molecule has 1 aliphatic rings. The molecule has 1 unspecified atom stereocenters. The second kappa shape index (κ2) is 9.05. The van der Waals surface area contributed by atoms with Gasteiger partial charge in [-0.15, -0.1) is 0 Å². The first-order chi connectivity index (χ1) is 14.5. The number of nitrogens with one attached hydrogen (secondary N) is 1. The summed E-state index contributed by atoms with van der Waals surface area (Å²) < 4.78 is 71.2. The molecule has 31 heavy (non-hydrogen) atoms. The van der Waals surface area contributed by atoms with Crippen molar-refractivity contribution in [1.29, 1.82) is 0 Å². The SMILES string of the molecule is COc1ccc(S(=O)(=O)N2CCCC(C(=O)Nc3ccc(Cl)c(C(F)(F)F)c3)C2)cc1. The van der Waals surface area contributed by atoms with Crippen molar-refractivity contribution < 1.29 is 31.1 Å². The molecule has 1 heterocycles. The summed E-state index contributed by atoms with van der Waals surface area (Å²) in [6, 6.07) is 8.98. The number of carbonyl (C=O) groups excluding carboxylic acids is 1. The number of alkyl halides is 3. The van der Waals surface area contributed by atoms with Gasteiger partial charge in [-0.05, 0) is 55.3 Å². The average molecular weight is 477 g/mol. The van der Waals surface area contributed by atoms with E-state index in [2.05, 4.69) is 5.32 Å². The van der Waals surface area contributed by atoms with E-state index < -0.39 is 38.6 Å². The Bertz CT molecular complexity index is 1060. The molecule has 3 rings (SSSR count). The van der Waals surface area contributed by atoms with Crippen LogP contribution in [-0.4, -0.2) is 38.8 Å². The maximum Gasteiger partial charge on any atom is 0.417 e. The summed E-state index contributed by atoms with van der Waals surface area (Å²) in [6.07, 6.45) is -3.80. The molecule has 0 spiro atoms. The highest BCUT2D eigenvalue weighted by atomic mass is 35.5. The zero-order chi connectivity index (χ0) is 22.8. The van der Waals surface area contributed by atoms with Crippen molar-refractivity contribution in [1.82, 2.24) is 4.31 Å². The molecule has 0 bridgehead atoms. The topological polar surface area (TPSA) is 75.7 Å². The Morgan fingerprint density at radius 3 is 2.48 bits per heavy atom. The lowest BCUT2D eigenvalue weighted by Gasteiger charge is -2.31. The summed E-state index contributed by atoms with van der Waals surface area (Å²) in [4.78, 5) is 12.7. The molecule has 1 fully saturated rings. The third-order valence-corrected chi connectivity index (χ3v) is 7.20. The van der Waals surface area contributed by atoms with Gasteiger partial charge in [0.15, 0.2) is 0 Å². The number of rotatable bonds is 5. The molecule has 6 nitrogen and oxygen atoms in total. The Morgan fingerprint density at radius 1 is 1.19 bits per heavy atom. The lowest BCUT2D eigenvalue weighted by molar-refractivity contribution is -0.137. The summed E-state index contributed by atoms with van der Waals surface area (Å²) in [6.45, 7) is 0.178. The number of halogens is 4. The van der Waals surface area contributed by atoms with Gasteiger partial charge in [-0.3, -0.25) is 4.79 Å². The first kappa shape index (κ1) is 23.4. The molecule has 2 aromatic rings. The third kappa shape index (κ3) is 5.31. The van der Waals surface area contributed by atoms with Crippen LogP contribution in [0.25, 0.3) is 0 Å². The Kier molecular flexibility index (Phi) is 6.82. The van der Waals surface area contributed by atoms with Crippen molar-refractivity contribution in [2.24, 2.45) is 5.92 Å². The van der Waals surface area contributed by atoms with Gasteiger partial charge in [-0.2, -0.15) is 17.5 Å². The molecular weight excluding hydrogens is 457 g/mol. The first-order valence-corrected chi connectivity index (χ1v) is 11.2. The molecule has 0 aromatic heterocycles. The number of ether oxygens (including phenoxy) is 1. The fourth-order valence-electron chi connectivity index (χ4n) is 3.34. The Morgan fingerprint density at radius 2 is 1.87 bits per heavy atom. The fourth-order valence-corrected chi connectivity index (χ4v) is 5.08. The largest absolute Gasteiger partial charge is 0.497 e. The number of amides is 1. The van der Waals surface area contributed by atoms with Crippen LogP contribution >= 0.6 is 11.6 Å². The highest BCUT2D eigenvalue weighted by Gasteiger charge is 2.35. The van der Waals surface area contributed by atoms with E-state index in [1.165, 1.54) is 41.7 Å². The number of anilines is 1. The smallest absolute Gasteiger partial charge is 0.417 e. The highest BCUT2D eigenvalue weighted by molar-refractivity contribution is 7.89. The number of hydrogen-bond acceptors (Lipinski definition) is 4. The maximum absolute atomic E-state index is 13.0. The Labute approximate surface area is 183 Å². The summed E-state index contributed by atoms with van der Waals surface area (Å²) in [7, 11) is -2.36. The highest BCUT2D eigenvalue weighted by Crippen LogP contribution is 2.36. The van der Waals surface area contributed by atoms with Crippen molar-refractivity contribution in [2.75, 3.05) is 25.5 Å². The van der Waals surface area contributed by atoms with Gasteiger partial charge in [0.1, 0.15) is 5.75 Å². The lowest BCUT2D eigenvalue weighted by atomic mass is 9.98. The molecule has 1 aliphatic heterocycles. The molecule has 1 atom stereocenters. The van der Waals surface area contributed by atoms with Gasteiger partial charge in [0.05, 0.1) is 28.5 Å². The van der Waals surface area contributed by atoms with Crippen molar-refractivity contribution in [3.05, 3.63) is 53.1 Å². The predicted molar refractivity (Wildman–Crippen MR) is 110 cm³/mol. The van der Waals surface area contributed by atoms with Crippen LogP contribution in [-0.2, 0) is 21.0 Å². The molecule has 2 aromatic carbocycles. The Hall–Kier alpha value is -2.30. The zero-order valence-corrected chi connectivity index (χ0v) is 18.0. The minimum atomic E-state index is -4.66. The maximum atomic E-state index is 13.0. The molecular formula is C20H20ClF3N2O4S. The van der Waals surface area contributed by atoms with E-state index in [1.54, 1.807) is 0 Å². The fraction of sp³-hybridized carbons (Fsp3) is 0.350. The van der Waals surface area contributed by atoms with E-state index in [-0.39, 0.29) is 23.7 Å². The zero-order valence-electron chi connectivity index (χ0n) is 16.4. The summed E-state index contributed by atoms with van der Waals surface area (Å²) in [5.41, 5.74) is -1.11. The average Bonchev–Trinajstić information content (AvgIpc) is 2.74. The number of methoxy groups -OCH3 is 1. The second-order valence-corrected chi connectivity index (χ2v) is 9.40. The minimum absolute atomic E-state index is 0.0585. The van der Waals surface area contributed by atoms with Gasteiger partial charge in [0.25, 0.3) is 0 Å². The molecule has 1 N–H and O–H groups in total. The molecule has 0 aliphatic carbocycles. The number of hydrogen-bond donors (Lipinski definition) is 1. The molecule has 11 heteroatoms. The van der Waals surface area contributed by atoms with Gasteiger partial charge in [-0.1, -0.05) is 11.6 Å². The van der Waals surface area contributed by atoms with Crippen LogP contribution in [0.5, 0.6) is 5.75 Å². The number of benzene rings is 2. The monoisotopic (exact) mass is 476 g/mol. The van der Waals surface area contributed by atoms with Crippen LogP contribution in [0, 0.1) is 5.92 Å². The van der Waals surface area contributed by atoms with Gasteiger partial charge < -0.3 is 10.1 Å². The van der Waals surface area contributed by atoms with Gasteiger partial charge in [-0.25, -0.2) is 8.42 Å². The number of carbonyl (C=O) groups is 1. The summed E-state index contributed by atoms with van der Waals surface area (Å²) in [5.74, 6) is -0.743. The third-order valence-electron chi connectivity index (χ3n) is 4.99. The van der Waals surface area contributed by atoms with Crippen LogP contribution in [0.15, 0.2) is 47.4 Å². The van der Waals surface area contributed by atoms with Crippen molar-refractivity contribution in [3.63, 3.8) is 0 Å². The van der Waals surface area contributed by atoms with E-state index in [0.717, 1.165) is 12.1 Å². The van der Waals surface area contributed by atoms with Crippen LogP contribution < -0.4 is 10.1 Å². The van der Waals surface area contributed by atoms with Gasteiger partial charge in [0.2, 0.25) is 15.9 Å². The number of nitrogens with zero attached hydrogens (tertiary/aromatic N) is 1. The molecule has 0 radical (unpaired) electrons. The van der Waals surface area contributed by atoms with E-state index in [1.807, 2.05) is 0 Å². The Balaban J connectivity index is 1.73. The lowest BCUT2D eigenvalue weighted by Crippen LogP contribution is -2.43. The predicted octanol–water partition coefficient (Wildman–Crippen LogP) is 4.41. The van der Waals surface area contributed by atoms with E-state index in [9.17, 15) is 26.4 Å². The van der Waals surface area contributed by atoms with Crippen LogP contribution in [0.2, 0.25) is 5.02 Å². The summed E-state index contributed by atoms with van der Waals surface area (Å²) in [5, 5.41) is 1.97. The normalized spacial score (nSPS) is 17.9. The minimum Gasteiger partial charge on any atom is -0.497 e. The quantitative estimate of drug-likeness (QED) is 0.693. The second-order valence-electron chi connectivity index (χ2n) is 7.06. The van der Waals surface area contributed by atoms with Crippen LogP contribution in [0.3, 0.4) is 0 Å². The van der Waals surface area contributed by atoms with E-state index >= 15 is 0 Å². The number of sulfonamides is 1. The van der Waals surface area contributed by atoms with E-state index in [4.69, 9.17) is 16.3 Å². The standard InChI is InChI=1S/C20H20ClF3N2O4S/c1-30-15-5-7-16(8-6-15)31(28,29)26-10-2-3-13(12-26)19(27)25-14-4-9-18(21)17(11-14)20(22,23)24/h4-9,11,13H,2-3,10,12H2,1H3,(H,25,27). The van der Waals surface area contributed by atoms with Gasteiger partial charge >= 0.3 is 6.18 Å². The molecule has 1 saturated heterocycles. The number of piperidine rings is 1. The van der Waals surface area contributed by atoms with E-state index in [0.29, 0.717) is 18.6 Å². The van der Waals surface area contributed by atoms with Crippen molar-refractivity contribution in [2.45, 2.75) is 23.9 Å². The van der Waals surface area contributed by atoms with Gasteiger partial charge in [0, 0.05) is 18.8 Å². The van der Waals surface area contributed by atoms with Crippen molar-refractivity contribution in [3.8, 4) is 5.75 Å². The van der Waals surface area contributed by atoms with Crippen molar-refractivity contribution >= 4 is 33.2 Å². The molecule has 168 valence electrons. The van der Waals surface area contributed by atoms with Crippen LogP contribution in [0.1, 0.15) is 18.4 Å². The van der Waals surface area contributed by atoms with Crippen LogP contribution in [0.4, 0.5) is 18.9 Å². The molecule has 1 amide bonds. The summed E-state index contributed by atoms with van der Waals surface area (Å²) >= 11 is 5.60.